The number of nitrogens with zero attached hydrogens (tertiary/aromatic N) is 1. The summed E-state index contributed by atoms with van der Waals surface area (Å²) in [6, 6.07) is 13.4. The molecule has 0 saturated carbocycles. The van der Waals surface area contributed by atoms with Crippen molar-refractivity contribution in [2.45, 2.75) is 0 Å². The van der Waals surface area contributed by atoms with Crippen LogP contribution in [-0.2, 0) is 0 Å². The number of phenolic OH excluding ortho intramolecular Hbond substituents is 1. The summed E-state index contributed by atoms with van der Waals surface area (Å²) in [5, 5.41) is 24.1. The Hall–Kier alpha value is -3.25. The Morgan fingerprint density at radius 1 is 1.12 bits per heavy atom. The largest absolute Gasteiger partial charge is 0.508 e. The summed E-state index contributed by atoms with van der Waals surface area (Å²) in [7, 11) is 0. The van der Waals surface area contributed by atoms with Crippen molar-refractivity contribution in [3.8, 4) is 5.75 Å². The first-order valence-corrected chi connectivity index (χ1v) is 7.80. The van der Waals surface area contributed by atoms with Gasteiger partial charge < -0.3 is 20.5 Å². The predicted octanol–water partition coefficient (Wildman–Crippen LogP) is 4.52. The van der Waals surface area contributed by atoms with E-state index in [-0.39, 0.29) is 11.4 Å². The Morgan fingerprint density at radius 2 is 1.96 bits per heavy atom. The van der Waals surface area contributed by atoms with E-state index in [4.69, 9.17) is 11.6 Å². The van der Waals surface area contributed by atoms with Gasteiger partial charge in [0.05, 0.1) is 5.52 Å². The molecule has 2 aromatic heterocycles. The van der Waals surface area contributed by atoms with Crippen LogP contribution in [0, 0.1) is 0 Å². The minimum Gasteiger partial charge on any atom is -0.508 e. The van der Waals surface area contributed by atoms with Crippen LogP contribution in [0.4, 0.5) is 11.5 Å². The van der Waals surface area contributed by atoms with Crippen molar-refractivity contribution >= 4 is 50.9 Å². The summed E-state index contributed by atoms with van der Waals surface area (Å²) in [6.07, 6.45) is 0. The van der Waals surface area contributed by atoms with Crippen molar-refractivity contribution < 1.29 is 15.0 Å². The Bertz CT molecular complexity index is 1140. The molecule has 0 aliphatic carbocycles. The van der Waals surface area contributed by atoms with Crippen molar-refractivity contribution in [2.75, 3.05) is 5.32 Å². The third-order valence-corrected chi connectivity index (χ3v) is 4.11. The van der Waals surface area contributed by atoms with Crippen LogP contribution in [0.3, 0.4) is 0 Å². The van der Waals surface area contributed by atoms with Crippen molar-refractivity contribution in [1.29, 1.82) is 0 Å². The van der Waals surface area contributed by atoms with Crippen LogP contribution in [0.25, 0.3) is 21.8 Å². The number of anilines is 2. The summed E-state index contributed by atoms with van der Waals surface area (Å²) in [6.45, 7) is 0. The van der Waals surface area contributed by atoms with Gasteiger partial charge in [-0.05, 0) is 42.5 Å². The van der Waals surface area contributed by atoms with Crippen LogP contribution < -0.4 is 5.32 Å². The molecule has 0 fully saturated rings. The molecule has 0 aliphatic rings. The van der Waals surface area contributed by atoms with E-state index < -0.39 is 5.97 Å². The predicted molar refractivity (Wildman–Crippen MR) is 97.0 cm³/mol. The fourth-order valence-corrected chi connectivity index (χ4v) is 2.98. The molecule has 6 nitrogen and oxygen atoms in total. The lowest BCUT2D eigenvalue weighted by Crippen LogP contribution is -2.03. The van der Waals surface area contributed by atoms with Crippen LogP contribution >= 0.6 is 11.6 Å². The molecule has 0 amide bonds. The highest BCUT2D eigenvalue weighted by atomic mass is 35.5. The van der Waals surface area contributed by atoms with E-state index in [1.807, 2.05) is 0 Å². The summed E-state index contributed by atoms with van der Waals surface area (Å²) in [5.41, 5.74) is 2.00. The van der Waals surface area contributed by atoms with Gasteiger partial charge in [-0.3, -0.25) is 0 Å². The van der Waals surface area contributed by atoms with Gasteiger partial charge in [0, 0.05) is 27.0 Å². The lowest BCUT2D eigenvalue weighted by molar-refractivity contribution is 0.0691. The first-order chi connectivity index (χ1) is 12.0. The standard InChI is InChI=1S/C18H12ClN3O3/c19-9-2-1-3-10(6-9)20-17-16-13(8-15(22-17)18(24)25)12-7-11(23)4-5-14(12)21-16/h1-8,21,23H,(H,20,22)(H,24,25). The third-order valence-electron chi connectivity index (χ3n) is 3.88. The number of benzene rings is 2. The van der Waals surface area contributed by atoms with Crippen molar-refractivity contribution in [3.63, 3.8) is 0 Å². The zero-order valence-electron chi connectivity index (χ0n) is 12.7. The van der Waals surface area contributed by atoms with Gasteiger partial charge in [-0.15, -0.1) is 0 Å². The lowest BCUT2D eigenvalue weighted by Gasteiger charge is -2.08. The first kappa shape index (κ1) is 15.3. The molecule has 0 aliphatic heterocycles. The Morgan fingerprint density at radius 3 is 2.72 bits per heavy atom. The Kier molecular flexibility index (Phi) is 3.47. The van der Waals surface area contributed by atoms with Gasteiger partial charge in [0.1, 0.15) is 5.75 Å². The molecule has 4 aromatic rings. The second kappa shape index (κ2) is 5.68. The van der Waals surface area contributed by atoms with Crippen LogP contribution in [0.5, 0.6) is 5.75 Å². The highest BCUT2D eigenvalue weighted by molar-refractivity contribution is 6.30. The molecular formula is C18H12ClN3O3. The number of carboxylic acid groups (broad SMARTS) is 1. The van der Waals surface area contributed by atoms with Gasteiger partial charge in [0.25, 0.3) is 0 Å². The quantitative estimate of drug-likeness (QED) is 0.434. The fraction of sp³-hybridized carbons (Fsp3) is 0. The van der Waals surface area contributed by atoms with E-state index in [1.165, 1.54) is 6.07 Å². The fourth-order valence-electron chi connectivity index (χ4n) is 2.79. The van der Waals surface area contributed by atoms with E-state index in [1.54, 1.807) is 42.5 Å². The first-order valence-electron chi connectivity index (χ1n) is 7.42. The van der Waals surface area contributed by atoms with Gasteiger partial charge in [0.15, 0.2) is 11.5 Å². The highest BCUT2D eigenvalue weighted by Crippen LogP contribution is 2.33. The maximum Gasteiger partial charge on any atom is 0.354 e. The minimum absolute atomic E-state index is 0.0960. The number of phenols is 1. The number of hydrogen-bond donors (Lipinski definition) is 4. The second-order valence-corrected chi connectivity index (χ2v) is 6.01. The van der Waals surface area contributed by atoms with Crippen molar-refractivity contribution in [1.82, 2.24) is 9.97 Å². The number of pyridine rings is 1. The number of fused-ring (bicyclic) bond motifs is 3. The SMILES string of the molecule is O=C(O)c1cc2c([nH]c3ccc(O)cc32)c(Nc2cccc(Cl)c2)n1. The molecule has 4 rings (SSSR count). The number of aromatic carboxylic acids is 1. The molecule has 0 atom stereocenters. The van der Waals surface area contributed by atoms with E-state index in [0.717, 1.165) is 5.52 Å². The number of rotatable bonds is 3. The smallest absolute Gasteiger partial charge is 0.354 e. The zero-order valence-corrected chi connectivity index (χ0v) is 13.5. The van der Waals surface area contributed by atoms with E-state index in [2.05, 4.69) is 15.3 Å². The summed E-state index contributed by atoms with van der Waals surface area (Å²) < 4.78 is 0. The molecule has 0 spiro atoms. The van der Waals surface area contributed by atoms with Crippen LogP contribution in [0.15, 0.2) is 48.5 Å². The Labute approximate surface area is 146 Å². The van der Waals surface area contributed by atoms with Gasteiger partial charge >= 0.3 is 5.97 Å². The Balaban J connectivity index is 1.98. The topological polar surface area (TPSA) is 98.2 Å². The number of nitrogens with one attached hydrogen (secondary N) is 2. The van der Waals surface area contributed by atoms with Gasteiger partial charge in [-0.1, -0.05) is 17.7 Å². The molecule has 0 saturated heterocycles. The van der Waals surface area contributed by atoms with E-state index in [0.29, 0.717) is 32.8 Å². The van der Waals surface area contributed by atoms with Crippen LogP contribution in [0.2, 0.25) is 5.02 Å². The number of aromatic amines is 1. The number of aromatic nitrogens is 2. The average molecular weight is 354 g/mol. The molecule has 0 radical (unpaired) electrons. The molecule has 124 valence electrons. The molecule has 0 bridgehead atoms. The van der Waals surface area contributed by atoms with E-state index in [9.17, 15) is 15.0 Å². The lowest BCUT2D eigenvalue weighted by atomic mass is 10.1. The monoisotopic (exact) mass is 353 g/mol. The maximum atomic E-state index is 11.5. The maximum absolute atomic E-state index is 11.5. The van der Waals surface area contributed by atoms with Crippen molar-refractivity contribution in [3.05, 3.63) is 59.2 Å². The molecular weight excluding hydrogens is 342 g/mol. The number of aromatic hydroxyl groups is 1. The molecule has 0 unspecified atom stereocenters. The van der Waals surface area contributed by atoms with Gasteiger partial charge in [-0.25, -0.2) is 9.78 Å². The minimum atomic E-state index is -1.13. The van der Waals surface area contributed by atoms with Gasteiger partial charge in [-0.2, -0.15) is 0 Å². The van der Waals surface area contributed by atoms with Crippen LogP contribution in [-0.4, -0.2) is 26.2 Å². The number of H-pyrrole nitrogens is 1. The van der Waals surface area contributed by atoms with Gasteiger partial charge in [0.2, 0.25) is 0 Å². The summed E-state index contributed by atoms with van der Waals surface area (Å²) >= 11 is 6.00. The second-order valence-electron chi connectivity index (χ2n) is 5.57. The summed E-state index contributed by atoms with van der Waals surface area (Å²) in [5.74, 6) is -0.662. The number of carboxylic acids is 1. The van der Waals surface area contributed by atoms with E-state index >= 15 is 0 Å². The summed E-state index contributed by atoms with van der Waals surface area (Å²) in [4.78, 5) is 18.9. The third kappa shape index (κ3) is 2.72. The van der Waals surface area contributed by atoms with Crippen LogP contribution in [0.1, 0.15) is 10.5 Å². The van der Waals surface area contributed by atoms with Crippen molar-refractivity contribution in [2.24, 2.45) is 0 Å². The molecule has 25 heavy (non-hydrogen) atoms. The highest BCUT2D eigenvalue weighted by Gasteiger charge is 2.16. The average Bonchev–Trinajstić information content (AvgIpc) is 2.93. The number of carbonyl (C=O) groups is 1. The number of hydrogen-bond acceptors (Lipinski definition) is 4. The number of halogens is 1. The molecule has 7 heteroatoms. The zero-order chi connectivity index (χ0) is 17.6. The molecule has 2 heterocycles. The molecule has 4 N–H and O–H groups in total. The normalized spacial score (nSPS) is 11.1. The molecule has 2 aromatic carbocycles.